The summed E-state index contributed by atoms with van der Waals surface area (Å²) in [5, 5.41) is 0.742. The van der Waals surface area contributed by atoms with Gasteiger partial charge in [0.15, 0.2) is 12.4 Å². The number of carbonyl (C=O) groups excluding carboxylic acids is 2. The number of ketones is 1. The Morgan fingerprint density at radius 2 is 1.63 bits per heavy atom. The standard InChI is InChI=1S/C24H29ClN2O3/c1-2-3-4-23(28)20-7-11-22(12-8-20)30-18-24(29)27-15-13-26(14-16-27)17-19-5-9-21(25)10-6-19/h5-12H,2-4,13-18H2,1H3. The van der Waals surface area contributed by atoms with E-state index in [4.69, 9.17) is 16.3 Å². The molecule has 0 aromatic heterocycles. The van der Waals surface area contributed by atoms with Crippen LogP contribution in [0.15, 0.2) is 48.5 Å². The van der Waals surface area contributed by atoms with Crippen LogP contribution in [0.1, 0.15) is 42.1 Å². The van der Waals surface area contributed by atoms with Crippen LogP contribution in [0.2, 0.25) is 5.02 Å². The molecule has 160 valence electrons. The molecule has 0 unspecified atom stereocenters. The van der Waals surface area contributed by atoms with Crippen molar-refractivity contribution in [2.45, 2.75) is 32.7 Å². The molecule has 30 heavy (non-hydrogen) atoms. The summed E-state index contributed by atoms with van der Waals surface area (Å²) in [6.07, 6.45) is 2.47. The second-order valence-electron chi connectivity index (χ2n) is 7.62. The molecule has 6 heteroatoms. The van der Waals surface area contributed by atoms with Gasteiger partial charge in [0.2, 0.25) is 0 Å². The Bertz CT molecular complexity index is 829. The normalized spacial score (nSPS) is 14.5. The summed E-state index contributed by atoms with van der Waals surface area (Å²) in [6.45, 7) is 6.01. The van der Waals surface area contributed by atoms with E-state index < -0.39 is 0 Å². The zero-order valence-corrected chi connectivity index (χ0v) is 18.2. The number of hydrogen-bond donors (Lipinski definition) is 0. The largest absolute Gasteiger partial charge is 0.484 e. The van der Waals surface area contributed by atoms with Crippen LogP contribution in [-0.2, 0) is 11.3 Å². The van der Waals surface area contributed by atoms with E-state index in [-0.39, 0.29) is 18.3 Å². The number of nitrogens with zero attached hydrogens (tertiary/aromatic N) is 2. The lowest BCUT2D eigenvalue weighted by Crippen LogP contribution is -2.49. The van der Waals surface area contributed by atoms with Gasteiger partial charge in [-0.2, -0.15) is 0 Å². The van der Waals surface area contributed by atoms with E-state index in [9.17, 15) is 9.59 Å². The van der Waals surface area contributed by atoms with Gasteiger partial charge in [-0.25, -0.2) is 0 Å². The molecule has 0 bridgehead atoms. The SMILES string of the molecule is CCCCC(=O)c1ccc(OCC(=O)N2CCN(Cc3ccc(Cl)cc3)CC2)cc1. The van der Waals surface area contributed by atoms with Crippen molar-refractivity contribution in [2.24, 2.45) is 0 Å². The summed E-state index contributed by atoms with van der Waals surface area (Å²) in [5.74, 6) is 0.747. The van der Waals surface area contributed by atoms with Gasteiger partial charge in [-0.15, -0.1) is 0 Å². The lowest BCUT2D eigenvalue weighted by molar-refractivity contribution is -0.135. The van der Waals surface area contributed by atoms with Gasteiger partial charge in [-0.05, 0) is 48.4 Å². The molecule has 0 aliphatic carbocycles. The summed E-state index contributed by atoms with van der Waals surface area (Å²) < 4.78 is 5.64. The predicted octanol–water partition coefficient (Wildman–Crippen LogP) is 4.44. The van der Waals surface area contributed by atoms with E-state index in [2.05, 4.69) is 11.8 Å². The number of piperazine rings is 1. The van der Waals surface area contributed by atoms with Crippen molar-refractivity contribution in [2.75, 3.05) is 32.8 Å². The highest BCUT2D eigenvalue weighted by Crippen LogP contribution is 2.16. The summed E-state index contributed by atoms with van der Waals surface area (Å²) in [4.78, 5) is 28.7. The van der Waals surface area contributed by atoms with Crippen LogP contribution in [0.3, 0.4) is 0 Å². The quantitative estimate of drug-likeness (QED) is 0.554. The number of ether oxygens (including phenoxy) is 1. The van der Waals surface area contributed by atoms with Crippen molar-refractivity contribution in [1.82, 2.24) is 9.80 Å². The van der Waals surface area contributed by atoms with Crippen molar-refractivity contribution < 1.29 is 14.3 Å². The highest BCUT2D eigenvalue weighted by molar-refractivity contribution is 6.30. The summed E-state index contributed by atoms with van der Waals surface area (Å²) in [7, 11) is 0. The molecular weight excluding hydrogens is 400 g/mol. The van der Waals surface area contributed by atoms with Crippen LogP contribution in [-0.4, -0.2) is 54.3 Å². The highest BCUT2D eigenvalue weighted by atomic mass is 35.5. The van der Waals surface area contributed by atoms with Crippen LogP contribution in [0.4, 0.5) is 0 Å². The molecule has 1 saturated heterocycles. The molecule has 0 spiro atoms. The number of unbranched alkanes of at least 4 members (excludes halogenated alkanes) is 1. The molecule has 2 aromatic rings. The highest BCUT2D eigenvalue weighted by Gasteiger charge is 2.21. The van der Waals surface area contributed by atoms with Crippen molar-refractivity contribution in [3.05, 3.63) is 64.7 Å². The van der Waals surface area contributed by atoms with Gasteiger partial charge in [-0.1, -0.05) is 37.1 Å². The van der Waals surface area contributed by atoms with Gasteiger partial charge < -0.3 is 9.64 Å². The number of amides is 1. The van der Waals surface area contributed by atoms with Gasteiger partial charge in [0.05, 0.1) is 0 Å². The Kier molecular flexibility index (Phi) is 8.29. The first-order valence-electron chi connectivity index (χ1n) is 10.6. The van der Waals surface area contributed by atoms with Gasteiger partial charge in [0, 0.05) is 49.7 Å². The molecule has 0 radical (unpaired) electrons. The first kappa shape index (κ1) is 22.3. The number of Topliss-reactive ketones (excluding diaryl/α,β-unsaturated/α-hetero) is 1. The maximum Gasteiger partial charge on any atom is 0.260 e. The number of carbonyl (C=O) groups is 2. The van der Waals surface area contributed by atoms with Gasteiger partial charge in [0.25, 0.3) is 5.91 Å². The molecule has 0 N–H and O–H groups in total. The van der Waals surface area contributed by atoms with Crippen molar-refractivity contribution >= 4 is 23.3 Å². The maximum atomic E-state index is 12.5. The van der Waals surface area contributed by atoms with E-state index in [1.807, 2.05) is 29.2 Å². The molecule has 1 heterocycles. The second kappa shape index (κ2) is 11.1. The van der Waals surface area contributed by atoms with Crippen LogP contribution in [0.5, 0.6) is 5.75 Å². The lowest BCUT2D eigenvalue weighted by Gasteiger charge is -2.34. The molecule has 1 fully saturated rings. The molecule has 0 saturated carbocycles. The fourth-order valence-corrected chi connectivity index (χ4v) is 3.58. The number of rotatable bonds is 9. The maximum absolute atomic E-state index is 12.5. The van der Waals surface area contributed by atoms with Gasteiger partial charge in [0.1, 0.15) is 5.75 Å². The van der Waals surface area contributed by atoms with Crippen LogP contribution >= 0.6 is 11.6 Å². The Hall–Kier alpha value is -2.37. The summed E-state index contributed by atoms with van der Waals surface area (Å²) in [5.41, 5.74) is 1.91. The van der Waals surface area contributed by atoms with Gasteiger partial charge in [-0.3, -0.25) is 14.5 Å². The Morgan fingerprint density at radius 3 is 2.27 bits per heavy atom. The smallest absolute Gasteiger partial charge is 0.260 e. The molecule has 3 rings (SSSR count). The summed E-state index contributed by atoms with van der Waals surface area (Å²) in [6, 6.07) is 14.9. The molecule has 5 nitrogen and oxygen atoms in total. The third-order valence-corrected chi connectivity index (χ3v) is 5.59. The lowest BCUT2D eigenvalue weighted by atomic mass is 10.1. The zero-order chi connectivity index (χ0) is 21.3. The van der Waals surface area contributed by atoms with Crippen molar-refractivity contribution in [3.8, 4) is 5.75 Å². The molecule has 2 aromatic carbocycles. The minimum absolute atomic E-state index is 0.00996. The Balaban J connectivity index is 1.40. The molecule has 0 atom stereocenters. The first-order chi connectivity index (χ1) is 14.5. The van der Waals surface area contributed by atoms with Crippen LogP contribution in [0, 0.1) is 0 Å². The number of halogens is 1. The Morgan fingerprint density at radius 1 is 0.967 bits per heavy atom. The van der Waals surface area contributed by atoms with E-state index >= 15 is 0 Å². The van der Waals surface area contributed by atoms with Crippen molar-refractivity contribution in [3.63, 3.8) is 0 Å². The molecule has 1 aliphatic rings. The average molecular weight is 429 g/mol. The predicted molar refractivity (Wildman–Crippen MR) is 119 cm³/mol. The minimum Gasteiger partial charge on any atom is -0.484 e. The number of benzene rings is 2. The van der Waals surface area contributed by atoms with Crippen molar-refractivity contribution in [1.29, 1.82) is 0 Å². The van der Waals surface area contributed by atoms with Crippen LogP contribution in [0.25, 0.3) is 0 Å². The van der Waals surface area contributed by atoms with Gasteiger partial charge >= 0.3 is 0 Å². The molecule has 1 amide bonds. The molecule has 1 aliphatic heterocycles. The van der Waals surface area contributed by atoms with Crippen LogP contribution < -0.4 is 4.74 Å². The first-order valence-corrected chi connectivity index (χ1v) is 10.9. The topological polar surface area (TPSA) is 49.9 Å². The number of hydrogen-bond acceptors (Lipinski definition) is 4. The fraction of sp³-hybridized carbons (Fsp3) is 0.417. The molecular formula is C24H29ClN2O3. The Labute approximate surface area is 183 Å². The third-order valence-electron chi connectivity index (χ3n) is 5.34. The fourth-order valence-electron chi connectivity index (χ4n) is 3.46. The zero-order valence-electron chi connectivity index (χ0n) is 17.5. The summed E-state index contributed by atoms with van der Waals surface area (Å²) >= 11 is 5.94. The second-order valence-corrected chi connectivity index (χ2v) is 8.06. The monoisotopic (exact) mass is 428 g/mol. The van der Waals surface area contributed by atoms with E-state index in [0.29, 0.717) is 30.8 Å². The third kappa shape index (κ3) is 6.57. The average Bonchev–Trinajstić information content (AvgIpc) is 2.78. The van der Waals surface area contributed by atoms with E-state index in [1.165, 1.54) is 5.56 Å². The van der Waals surface area contributed by atoms with E-state index in [1.54, 1.807) is 24.3 Å². The van der Waals surface area contributed by atoms with E-state index in [0.717, 1.165) is 37.5 Å². The minimum atomic E-state index is -0.00996.